The van der Waals surface area contributed by atoms with Gasteiger partial charge in [-0.25, -0.2) is 13.8 Å². The van der Waals surface area contributed by atoms with Gasteiger partial charge in [-0.15, -0.1) is 0 Å². The molecule has 0 unspecified atom stereocenters. The van der Waals surface area contributed by atoms with Gasteiger partial charge in [-0.2, -0.15) is 0 Å². The van der Waals surface area contributed by atoms with Crippen LogP contribution >= 0.6 is 0 Å². The number of aromatic nitrogens is 2. The maximum atomic E-state index is 13.3. The second kappa shape index (κ2) is 5.36. The van der Waals surface area contributed by atoms with E-state index < -0.39 is 11.6 Å². The molecule has 2 aromatic carbocycles. The largest absolute Gasteiger partial charge is 0.508 e. The third-order valence-corrected chi connectivity index (χ3v) is 3.18. The minimum absolute atomic E-state index is 0.199. The Morgan fingerprint density at radius 3 is 2.48 bits per heavy atom. The van der Waals surface area contributed by atoms with E-state index in [1.807, 2.05) is 4.57 Å². The van der Waals surface area contributed by atoms with Crippen LogP contribution in [-0.2, 0) is 6.54 Å². The molecular formula is C16H12F2N2O. The van der Waals surface area contributed by atoms with Crippen LogP contribution in [0.15, 0.2) is 54.9 Å². The standard InChI is InChI=1S/C16H12F2N2O/c17-14-6-3-12(9-15(14)18)16-19-7-8-20(16)10-11-1-4-13(21)5-2-11/h1-9,21H,10H2. The third kappa shape index (κ3) is 2.76. The average molecular weight is 286 g/mol. The highest BCUT2D eigenvalue weighted by molar-refractivity contribution is 5.55. The molecule has 3 nitrogen and oxygen atoms in total. The normalized spacial score (nSPS) is 10.8. The number of nitrogens with zero attached hydrogens (tertiary/aromatic N) is 2. The fraction of sp³-hybridized carbons (Fsp3) is 0.0625. The van der Waals surface area contributed by atoms with Crippen molar-refractivity contribution in [3.63, 3.8) is 0 Å². The molecule has 106 valence electrons. The van der Waals surface area contributed by atoms with Crippen molar-refractivity contribution in [3.8, 4) is 17.1 Å². The third-order valence-electron chi connectivity index (χ3n) is 3.18. The van der Waals surface area contributed by atoms with Gasteiger partial charge in [0, 0.05) is 24.5 Å². The number of aromatic hydroxyl groups is 1. The van der Waals surface area contributed by atoms with E-state index in [2.05, 4.69) is 4.98 Å². The van der Waals surface area contributed by atoms with Crippen molar-refractivity contribution in [1.29, 1.82) is 0 Å². The van der Waals surface area contributed by atoms with Gasteiger partial charge in [-0.1, -0.05) is 12.1 Å². The molecule has 0 atom stereocenters. The highest BCUT2D eigenvalue weighted by Gasteiger charge is 2.10. The SMILES string of the molecule is Oc1ccc(Cn2ccnc2-c2ccc(F)c(F)c2)cc1. The number of rotatable bonds is 3. The lowest BCUT2D eigenvalue weighted by Gasteiger charge is -2.08. The van der Waals surface area contributed by atoms with E-state index in [1.54, 1.807) is 36.7 Å². The second-order valence-electron chi connectivity index (χ2n) is 4.67. The Labute approximate surface area is 120 Å². The number of hydrogen-bond acceptors (Lipinski definition) is 2. The molecule has 1 aromatic heterocycles. The van der Waals surface area contributed by atoms with E-state index >= 15 is 0 Å². The maximum absolute atomic E-state index is 13.3. The quantitative estimate of drug-likeness (QED) is 0.799. The summed E-state index contributed by atoms with van der Waals surface area (Å²) >= 11 is 0. The first-order valence-corrected chi connectivity index (χ1v) is 6.38. The molecule has 3 rings (SSSR count). The number of phenols is 1. The Hall–Kier alpha value is -2.69. The zero-order chi connectivity index (χ0) is 14.8. The highest BCUT2D eigenvalue weighted by Crippen LogP contribution is 2.21. The molecule has 5 heteroatoms. The number of halogens is 2. The van der Waals surface area contributed by atoms with E-state index in [4.69, 9.17) is 0 Å². The smallest absolute Gasteiger partial charge is 0.159 e. The van der Waals surface area contributed by atoms with Gasteiger partial charge in [0.2, 0.25) is 0 Å². The summed E-state index contributed by atoms with van der Waals surface area (Å²) in [5.41, 5.74) is 1.48. The fourth-order valence-corrected chi connectivity index (χ4v) is 2.13. The van der Waals surface area contributed by atoms with Crippen LogP contribution in [0.4, 0.5) is 8.78 Å². The van der Waals surface area contributed by atoms with Crippen molar-refractivity contribution >= 4 is 0 Å². The van der Waals surface area contributed by atoms with Gasteiger partial charge in [0.05, 0.1) is 0 Å². The van der Waals surface area contributed by atoms with Gasteiger partial charge in [0.15, 0.2) is 11.6 Å². The Bertz CT molecular complexity index is 766. The lowest BCUT2D eigenvalue weighted by atomic mass is 10.2. The highest BCUT2D eigenvalue weighted by atomic mass is 19.2. The molecular weight excluding hydrogens is 274 g/mol. The zero-order valence-electron chi connectivity index (χ0n) is 11.0. The van der Waals surface area contributed by atoms with Gasteiger partial charge in [0.1, 0.15) is 11.6 Å². The summed E-state index contributed by atoms with van der Waals surface area (Å²) in [4.78, 5) is 4.20. The van der Waals surface area contributed by atoms with Crippen molar-refractivity contribution < 1.29 is 13.9 Å². The van der Waals surface area contributed by atoms with Gasteiger partial charge in [-0.3, -0.25) is 0 Å². The van der Waals surface area contributed by atoms with Crippen LogP contribution in [-0.4, -0.2) is 14.7 Å². The second-order valence-corrected chi connectivity index (χ2v) is 4.67. The summed E-state index contributed by atoms with van der Waals surface area (Å²) in [7, 11) is 0. The predicted octanol–water partition coefficient (Wildman–Crippen LogP) is 3.58. The molecule has 0 bridgehead atoms. The first-order valence-electron chi connectivity index (χ1n) is 6.38. The Morgan fingerprint density at radius 2 is 1.76 bits per heavy atom. The molecule has 0 aliphatic heterocycles. The van der Waals surface area contributed by atoms with Crippen molar-refractivity contribution in [3.05, 3.63) is 72.1 Å². The van der Waals surface area contributed by atoms with E-state index in [1.165, 1.54) is 6.07 Å². The molecule has 1 N–H and O–H groups in total. The summed E-state index contributed by atoms with van der Waals surface area (Å²) in [5, 5.41) is 9.28. The predicted molar refractivity (Wildman–Crippen MR) is 74.8 cm³/mol. The van der Waals surface area contributed by atoms with Gasteiger partial charge >= 0.3 is 0 Å². The molecule has 21 heavy (non-hydrogen) atoms. The minimum atomic E-state index is -0.897. The number of imidazole rings is 1. The zero-order valence-corrected chi connectivity index (χ0v) is 11.0. The molecule has 3 aromatic rings. The van der Waals surface area contributed by atoms with E-state index in [-0.39, 0.29) is 5.75 Å². The van der Waals surface area contributed by atoms with Crippen LogP contribution in [0.1, 0.15) is 5.56 Å². The summed E-state index contributed by atoms with van der Waals surface area (Å²) < 4.78 is 28.2. The van der Waals surface area contributed by atoms with Crippen molar-refractivity contribution in [2.24, 2.45) is 0 Å². The van der Waals surface area contributed by atoms with Crippen LogP contribution < -0.4 is 0 Å². The Balaban J connectivity index is 1.93. The van der Waals surface area contributed by atoms with Crippen LogP contribution in [0.5, 0.6) is 5.75 Å². The number of benzene rings is 2. The summed E-state index contributed by atoms with van der Waals surface area (Å²) in [6.45, 7) is 0.522. The molecule has 0 spiro atoms. The van der Waals surface area contributed by atoms with Gasteiger partial charge in [0.25, 0.3) is 0 Å². The van der Waals surface area contributed by atoms with Crippen molar-refractivity contribution in [2.45, 2.75) is 6.54 Å². The molecule has 0 fully saturated rings. The Kier molecular flexibility index (Phi) is 3.39. The molecule has 0 aliphatic carbocycles. The molecule has 0 saturated carbocycles. The topological polar surface area (TPSA) is 38.0 Å². The summed E-state index contributed by atoms with van der Waals surface area (Å²) in [5.74, 6) is -1.02. The van der Waals surface area contributed by atoms with Crippen LogP contribution in [0, 0.1) is 11.6 Å². The molecule has 0 radical (unpaired) electrons. The average Bonchev–Trinajstić information content (AvgIpc) is 2.92. The van der Waals surface area contributed by atoms with Gasteiger partial charge in [-0.05, 0) is 35.9 Å². The Morgan fingerprint density at radius 1 is 1.00 bits per heavy atom. The van der Waals surface area contributed by atoms with Crippen LogP contribution in [0.3, 0.4) is 0 Å². The first kappa shape index (κ1) is 13.3. The molecule has 0 saturated heterocycles. The molecule has 0 aliphatic rings. The molecule has 0 amide bonds. The monoisotopic (exact) mass is 286 g/mol. The minimum Gasteiger partial charge on any atom is -0.508 e. The van der Waals surface area contributed by atoms with E-state index in [0.717, 1.165) is 17.7 Å². The summed E-state index contributed by atoms with van der Waals surface area (Å²) in [6.07, 6.45) is 3.38. The van der Waals surface area contributed by atoms with Gasteiger partial charge < -0.3 is 9.67 Å². The first-order chi connectivity index (χ1) is 10.1. The van der Waals surface area contributed by atoms with E-state index in [9.17, 15) is 13.9 Å². The van der Waals surface area contributed by atoms with Crippen molar-refractivity contribution in [1.82, 2.24) is 9.55 Å². The lowest BCUT2D eigenvalue weighted by molar-refractivity contribution is 0.475. The van der Waals surface area contributed by atoms with Crippen molar-refractivity contribution in [2.75, 3.05) is 0 Å². The van der Waals surface area contributed by atoms with E-state index in [0.29, 0.717) is 17.9 Å². The van der Waals surface area contributed by atoms with Crippen LogP contribution in [0.25, 0.3) is 11.4 Å². The maximum Gasteiger partial charge on any atom is 0.159 e. The number of phenolic OH excluding ortho intramolecular Hbond substituents is 1. The molecule has 1 heterocycles. The summed E-state index contributed by atoms with van der Waals surface area (Å²) in [6, 6.07) is 10.5. The number of hydrogen-bond donors (Lipinski definition) is 1. The lowest BCUT2D eigenvalue weighted by Crippen LogP contribution is -2.01. The fourth-order valence-electron chi connectivity index (χ4n) is 2.13. The van der Waals surface area contributed by atoms with Crippen LogP contribution in [0.2, 0.25) is 0 Å².